The van der Waals surface area contributed by atoms with E-state index in [-0.39, 0.29) is 5.97 Å². The number of nitrogens with zero attached hydrogens (tertiary/aromatic N) is 1. The van der Waals surface area contributed by atoms with Gasteiger partial charge in [0.1, 0.15) is 0 Å². The van der Waals surface area contributed by atoms with Crippen molar-refractivity contribution in [3.05, 3.63) is 0 Å². The van der Waals surface area contributed by atoms with Crippen LogP contribution in [0.25, 0.3) is 0 Å². The molecule has 0 N–H and O–H groups in total. The maximum Gasteiger partial charge on any atom is 0.322 e. The Morgan fingerprint density at radius 3 is 1.92 bits per heavy atom. The molecule has 0 rings (SSSR count). The second kappa shape index (κ2) is 8.05. The summed E-state index contributed by atoms with van der Waals surface area (Å²) >= 11 is 0. The Kier molecular flexibility index (Phi) is 7.69. The van der Waals surface area contributed by atoms with Crippen molar-refractivity contribution in [3.8, 4) is 0 Å². The Morgan fingerprint density at radius 2 is 1.62 bits per heavy atom. The van der Waals surface area contributed by atoms with Crippen molar-refractivity contribution in [1.29, 1.82) is 0 Å². The van der Waals surface area contributed by atoms with E-state index in [0.29, 0.717) is 0 Å². The lowest BCUT2D eigenvalue weighted by Crippen LogP contribution is -2.28. The standard InChI is InChI=1S/C10H21NO2/c1-4-6-8-11(9-7-5-2)13-10(3)12/h4-9H2,1-3H3. The van der Waals surface area contributed by atoms with Gasteiger partial charge in [0.2, 0.25) is 0 Å². The predicted molar refractivity (Wildman–Crippen MR) is 53.2 cm³/mol. The lowest BCUT2D eigenvalue weighted by Gasteiger charge is -2.19. The number of rotatable bonds is 7. The van der Waals surface area contributed by atoms with E-state index >= 15 is 0 Å². The maximum atomic E-state index is 10.7. The van der Waals surface area contributed by atoms with E-state index in [2.05, 4.69) is 13.8 Å². The molecule has 0 aromatic rings. The first-order valence-electron chi connectivity index (χ1n) is 5.14. The summed E-state index contributed by atoms with van der Waals surface area (Å²) in [6.07, 6.45) is 4.42. The van der Waals surface area contributed by atoms with Gasteiger partial charge in [0.25, 0.3) is 0 Å². The van der Waals surface area contributed by atoms with Crippen molar-refractivity contribution < 1.29 is 9.63 Å². The summed E-state index contributed by atoms with van der Waals surface area (Å²) in [5.74, 6) is -0.216. The van der Waals surface area contributed by atoms with Gasteiger partial charge in [-0.1, -0.05) is 26.7 Å². The monoisotopic (exact) mass is 187 g/mol. The van der Waals surface area contributed by atoms with Crippen LogP contribution < -0.4 is 0 Å². The minimum absolute atomic E-state index is 0.216. The van der Waals surface area contributed by atoms with Crippen LogP contribution in [0.1, 0.15) is 46.5 Å². The second-order valence-electron chi connectivity index (χ2n) is 3.22. The van der Waals surface area contributed by atoms with Crippen molar-refractivity contribution in [3.63, 3.8) is 0 Å². The molecule has 0 aromatic heterocycles. The first kappa shape index (κ1) is 12.4. The molecule has 0 saturated carbocycles. The summed E-state index contributed by atoms with van der Waals surface area (Å²) in [4.78, 5) is 15.8. The van der Waals surface area contributed by atoms with Gasteiger partial charge >= 0.3 is 5.97 Å². The molecule has 0 fully saturated rings. The van der Waals surface area contributed by atoms with Crippen LogP contribution in [0, 0.1) is 0 Å². The highest BCUT2D eigenvalue weighted by Crippen LogP contribution is 2.00. The molecule has 0 unspecified atom stereocenters. The maximum absolute atomic E-state index is 10.7. The van der Waals surface area contributed by atoms with Crippen LogP contribution in [0.2, 0.25) is 0 Å². The molecule has 0 atom stereocenters. The van der Waals surface area contributed by atoms with Crippen LogP contribution in [0.5, 0.6) is 0 Å². The summed E-state index contributed by atoms with van der Waals surface area (Å²) in [7, 11) is 0. The molecule has 0 radical (unpaired) electrons. The fraction of sp³-hybridized carbons (Fsp3) is 0.900. The molecule has 0 saturated heterocycles. The quantitative estimate of drug-likeness (QED) is 0.573. The van der Waals surface area contributed by atoms with E-state index in [0.717, 1.165) is 38.8 Å². The van der Waals surface area contributed by atoms with Gasteiger partial charge < -0.3 is 4.84 Å². The average Bonchev–Trinajstić information content (AvgIpc) is 2.09. The lowest BCUT2D eigenvalue weighted by atomic mass is 10.3. The number of hydrogen-bond donors (Lipinski definition) is 0. The lowest BCUT2D eigenvalue weighted by molar-refractivity contribution is -0.188. The second-order valence-corrected chi connectivity index (χ2v) is 3.22. The zero-order chi connectivity index (χ0) is 10.1. The van der Waals surface area contributed by atoms with Gasteiger partial charge in [0.15, 0.2) is 0 Å². The van der Waals surface area contributed by atoms with Gasteiger partial charge in [0, 0.05) is 20.0 Å². The predicted octanol–water partition coefficient (Wildman–Crippen LogP) is 2.37. The van der Waals surface area contributed by atoms with E-state index in [1.54, 1.807) is 5.06 Å². The van der Waals surface area contributed by atoms with Crippen molar-refractivity contribution in [1.82, 2.24) is 5.06 Å². The molecule has 3 heteroatoms. The van der Waals surface area contributed by atoms with E-state index in [9.17, 15) is 4.79 Å². The SMILES string of the molecule is CCCCN(CCCC)OC(C)=O. The van der Waals surface area contributed by atoms with E-state index in [4.69, 9.17) is 4.84 Å². The number of carbonyl (C=O) groups excluding carboxylic acids is 1. The van der Waals surface area contributed by atoms with Crippen molar-refractivity contribution >= 4 is 5.97 Å². The summed E-state index contributed by atoms with van der Waals surface area (Å²) in [6, 6.07) is 0. The summed E-state index contributed by atoms with van der Waals surface area (Å²) < 4.78 is 0. The van der Waals surface area contributed by atoms with Gasteiger partial charge in [-0.15, -0.1) is 5.06 Å². The van der Waals surface area contributed by atoms with Crippen molar-refractivity contribution in [2.75, 3.05) is 13.1 Å². The topological polar surface area (TPSA) is 29.5 Å². The molecule has 0 aliphatic carbocycles. The molecular formula is C10H21NO2. The van der Waals surface area contributed by atoms with Gasteiger partial charge in [-0.25, -0.2) is 0 Å². The van der Waals surface area contributed by atoms with Gasteiger partial charge in [-0.3, -0.25) is 4.79 Å². The molecule has 0 bridgehead atoms. The number of unbranched alkanes of at least 4 members (excludes halogenated alkanes) is 2. The Balaban J connectivity index is 3.66. The van der Waals surface area contributed by atoms with E-state index in [1.165, 1.54) is 6.92 Å². The third-order valence-electron chi connectivity index (χ3n) is 1.78. The molecular weight excluding hydrogens is 166 g/mol. The summed E-state index contributed by atoms with van der Waals surface area (Å²) in [5.41, 5.74) is 0. The number of carbonyl (C=O) groups is 1. The van der Waals surface area contributed by atoms with Crippen molar-refractivity contribution in [2.24, 2.45) is 0 Å². The van der Waals surface area contributed by atoms with Crippen LogP contribution in [0.15, 0.2) is 0 Å². The van der Waals surface area contributed by atoms with Gasteiger partial charge in [-0.05, 0) is 12.8 Å². The molecule has 0 spiro atoms. The zero-order valence-corrected chi connectivity index (χ0v) is 9.01. The molecule has 0 aromatic carbocycles. The van der Waals surface area contributed by atoms with Crippen molar-refractivity contribution in [2.45, 2.75) is 46.5 Å². The fourth-order valence-corrected chi connectivity index (χ4v) is 1.05. The molecule has 0 amide bonds. The zero-order valence-electron chi connectivity index (χ0n) is 9.01. The molecule has 13 heavy (non-hydrogen) atoms. The van der Waals surface area contributed by atoms with Gasteiger partial charge in [0.05, 0.1) is 0 Å². The van der Waals surface area contributed by atoms with E-state index in [1.807, 2.05) is 0 Å². The molecule has 0 aliphatic rings. The first-order valence-corrected chi connectivity index (χ1v) is 5.14. The smallest absolute Gasteiger partial charge is 0.322 e. The Hall–Kier alpha value is -0.570. The minimum Gasteiger partial charge on any atom is -0.368 e. The fourth-order valence-electron chi connectivity index (χ4n) is 1.05. The van der Waals surface area contributed by atoms with E-state index < -0.39 is 0 Å². The highest BCUT2D eigenvalue weighted by atomic mass is 16.7. The van der Waals surface area contributed by atoms with Gasteiger partial charge in [-0.2, -0.15) is 0 Å². The molecule has 78 valence electrons. The molecule has 0 heterocycles. The Morgan fingerprint density at radius 1 is 1.15 bits per heavy atom. The van der Waals surface area contributed by atoms with Crippen LogP contribution in [-0.4, -0.2) is 24.1 Å². The average molecular weight is 187 g/mol. The minimum atomic E-state index is -0.216. The van der Waals surface area contributed by atoms with Crippen LogP contribution in [0.4, 0.5) is 0 Å². The third kappa shape index (κ3) is 7.78. The summed E-state index contributed by atoms with van der Waals surface area (Å²) in [5, 5.41) is 1.77. The number of hydroxylamine groups is 2. The van der Waals surface area contributed by atoms with Crippen LogP contribution in [-0.2, 0) is 9.63 Å². The molecule has 3 nitrogen and oxygen atoms in total. The largest absolute Gasteiger partial charge is 0.368 e. The Bertz CT molecular complexity index is 129. The van der Waals surface area contributed by atoms with Crippen LogP contribution >= 0.6 is 0 Å². The molecule has 0 aliphatic heterocycles. The highest BCUT2D eigenvalue weighted by Gasteiger charge is 2.06. The first-order chi connectivity index (χ1) is 6.20. The highest BCUT2D eigenvalue weighted by molar-refractivity contribution is 5.65. The Labute approximate surface area is 81.0 Å². The van der Waals surface area contributed by atoms with Crippen LogP contribution in [0.3, 0.4) is 0 Å². The number of hydrogen-bond acceptors (Lipinski definition) is 3. The summed E-state index contributed by atoms with van der Waals surface area (Å²) in [6.45, 7) is 7.43. The third-order valence-corrected chi connectivity index (χ3v) is 1.78. The normalized spacial score (nSPS) is 10.5.